The van der Waals surface area contributed by atoms with Gasteiger partial charge in [0, 0.05) is 32.3 Å². The van der Waals surface area contributed by atoms with Gasteiger partial charge in [0.2, 0.25) is 0 Å². The van der Waals surface area contributed by atoms with E-state index in [1.165, 1.54) is 6.33 Å². The van der Waals surface area contributed by atoms with Gasteiger partial charge >= 0.3 is 0 Å². The molecule has 1 amide bonds. The number of ether oxygens (including phenoxy) is 2. The molecule has 1 aromatic rings. The fourth-order valence-corrected chi connectivity index (χ4v) is 2.54. The number of nitrogens with one attached hydrogen (secondary N) is 1. The minimum Gasteiger partial charge on any atom is -0.378 e. The molecule has 0 spiro atoms. The van der Waals surface area contributed by atoms with Crippen molar-refractivity contribution in [2.45, 2.75) is 18.9 Å². The summed E-state index contributed by atoms with van der Waals surface area (Å²) in [6.45, 7) is 4.27. The molecule has 3 heterocycles. The number of hydrogen-bond acceptors (Lipinski definition) is 6. The zero-order chi connectivity index (χ0) is 14.5. The van der Waals surface area contributed by atoms with Crippen LogP contribution in [0.2, 0.25) is 0 Å². The number of aromatic nitrogens is 2. The van der Waals surface area contributed by atoms with Gasteiger partial charge in [0.05, 0.1) is 19.3 Å². The van der Waals surface area contributed by atoms with Crippen LogP contribution in [-0.4, -0.2) is 61.4 Å². The van der Waals surface area contributed by atoms with Gasteiger partial charge in [0.1, 0.15) is 17.8 Å². The van der Waals surface area contributed by atoms with Crippen LogP contribution in [0, 0.1) is 0 Å². The maximum absolute atomic E-state index is 12.1. The predicted octanol–water partition coefficient (Wildman–Crippen LogP) is 0.222. The Balaban J connectivity index is 1.60. The molecule has 0 aliphatic carbocycles. The van der Waals surface area contributed by atoms with Crippen LogP contribution in [0.25, 0.3) is 0 Å². The summed E-state index contributed by atoms with van der Waals surface area (Å²) in [5.41, 5.74) is 0.393. The number of nitrogens with zero attached hydrogens (tertiary/aromatic N) is 3. The molecule has 2 fully saturated rings. The third kappa shape index (κ3) is 3.68. The summed E-state index contributed by atoms with van der Waals surface area (Å²) in [5.74, 6) is 0.595. The lowest BCUT2D eigenvalue weighted by atomic mass is 10.2. The van der Waals surface area contributed by atoms with Crippen molar-refractivity contribution < 1.29 is 14.3 Å². The fourth-order valence-electron chi connectivity index (χ4n) is 2.54. The van der Waals surface area contributed by atoms with E-state index in [1.54, 1.807) is 6.07 Å². The average molecular weight is 292 g/mol. The van der Waals surface area contributed by atoms with E-state index in [9.17, 15) is 4.79 Å². The molecule has 0 saturated carbocycles. The maximum Gasteiger partial charge on any atom is 0.270 e. The van der Waals surface area contributed by atoms with Gasteiger partial charge in [0.15, 0.2) is 0 Å². The van der Waals surface area contributed by atoms with E-state index in [1.807, 2.05) is 0 Å². The number of carbonyl (C=O) groups excluding carboxylic acids is 1. The van der Waals surface area contributed by atoms with Crippen LogP contribution >= 0.6 is 0 Å². The Morgan fingerprint density at radius 3 is 2.95 bits per heavy atom. The van der Waals surface area contributed by atoms with Gasteiger partial charge in [-0.1, -0.05) is 0 Å². The Morgan fingerprint density at radius 2 is 2.19 bits per heavy atom. The molecule has 3 rings (SSSR count). The molecule has 0 bridgehead atoms. The second-order valence-corrected chi connectivity index (χ2v) is 5.21. The first kappa shape index (κ1) is 14.2. The van der Waals surface area contributed by atoms with Gasteiger partial charge < -0.3 is 19.7 Å². The quantitative estimate of drug-likeness (QED) is 0.855. The van der Waals surface area contributed by atoms with Gasteiger partial charge in [-0.2, -0.15) is 0 Å². The van der Waals surface area contributed by atoms with E-state index >= 15 is 0 Å². The van der Waals surface area contributed by atoms with E-state index in [0.29, 0.717) is 25.5 Å². The van der Waals surface area contributed by atoms with E-state index < -0.39 is 0 Å². The topological polar surface area (TPSA) is 76.6 Å². The molecular formula is C14H20N4O3. The van der Waals surface area contributed by atoms with Crippen LogP contribution in [-0.2, 0) is 9.47 Å². The minimum absolute atomic E-state index is 0.134. The van der Waals surface area contributed by atoms with Crippen LogP contribution in [0.5, 0.6) is 0 Å². The van der Waals surface area contributed by atoms with Crippen molar-refractivity contribution in [2.75, 3.05) is 44.4 Å². The first-order valence-electron chi connectivity index (χ1n) is 7.37. The highest BCUT2D eigenvalue weighted by Crippen LogP contribution is 2.13. The largest absolute Gasteiger partial charge is 0.378 e. The minimum atomic E-state index is -0.178. The Kier molecular flexibility index (Phi) is 4.62. The van der Waals surface area contributed by atoms with Crippen molar-refractivity contribution in [3.63, 3.8) is 0 Å². The Hall–Kier alpha value is -1.73. The lowest BCUT2D eigenvalue weighted by Gasteiger charge is -2.27. The molecule has 2 saturated heterocycles. The van der Waals surface area contributed by atoms with E-state index in [2.05, 4.69) is 20.2 Å². The molecule has 114 valence electrons. The standard InChI is InChI=1S/C14H20N4O3/c19-14(15-9-11-2-1-5-21-11)12-8-13(17-10-16-12)18-3-6-20-7-4-18/h8,10-11H,1-7,9H2,(H,15,19)/t11-/m0/s1. The number of morpholine rings is 1. The van der Waals surface area contributed by atoms with E-state index in [-0.39, 0.29) is 12.0 Å². The Labute approximate surface area is 123 Å². The second kappa shape index (κ2) is 6.82. The molecular weight excluding hydrogens is 272 g/mol. The van der Waals surface area contributed by atoms with Gasteiger partial charge in [0.25, 0.3) is 5.91 Å². The van der Waals surface area contributed by atoms with Crippen LogP contribution in [0.4, 0.5) is 5.82 Å². The van der Waals surface area contributed by atoms with E-state index in [0.717, 1.165) is 38.4 Å². The monoisotopic (exact) mass is 292 g/mol. The average Bonchev–Trinajstić information content (AvgIpc) is 3.07. The summed E-state index contributed by atoms with van der Waals surface area (Å²) in [6.07, 6.45) is 3.64. The molecule has 0 unspecified atom stereocenters. The Bertz CT molecular complexity index is 485. The highest BCUT2D eigenvalue weighted by atomic mass is 16.5. The number of anilines is 1. The zero-order valence-electron chi connectivity index (χ0n) is 12.0. The SMILES string of the molecule is O=C(NC[C@@H]1CCCO1)c1cc(N2CCOCC2)ncn1. The highest BCUT2D eigenvalue weighted by Gasteiger charge is 2.18. The maximum atomic E-state index is 12.1. The first-order chi connectivity index (χ1) is 10.3. The molecule has 2 aliphatic rings. The third-order valence-electron chi connectivity index (χ3n) is 3.73. The fraction of sp³-hybridized carbons (Fsp3) is 0.643. The molecule has 0 radical (unpaired) electrons. The van der Waals surface area contributed by atoms with Crippen LogP contribution in [0.1, 0.15) is 23.3 Å². The van der Waals surface area contributed by atoms with Gasteiger partial charge in [-0.3, -0.25) is 4.79 Å². The zero-order valence-corrected chi connectivity index (χ0v) is 12.0. The third-order valence-corrected chi connectivity index (χ3v) is 3.73. The van der Waals surface area contributed by atoms with Crippen molar-refractivity contribution in [3.05, 3.63) is 18.1 Å². The molecule has 1 atom stereocenters. The van der Waals surface area contributed by atoms with Gasteiger partial charge in [-0.25, -0.2) is 9.97 Å². The number of hydrogen-bond donors (Lipinski definition) is 1. The lowest BCUT2D eigenvalue weighted by molar-refractivity contribution is 0.0853. The van der Waals surface area contributed by atoms with Crippen molar-refractivity contribution in [2.24, 2.45) is 0 Å². The molecule has 2 aliphatic heterocycles. The number of rotatable bonds is 4. The summed E-state index contributed by atoms with van der Waals surface area (Å²) in [5, 5.41) is 2.87. The molecule has 1 N–H and O–H groups in total. The summed E-state index contributed by atoms with van der Waals surface area (Å²) in [6, 6.07) is 1.73. The first-order valence-corrected chi connectivity index (χ1v) is 7.37. The van der Waals surface area contributed by atoms with E-state index in [4.69, 9.17) is 9.47 Å². The summed E-state index contributed by atoms with van der Waals surface area (Å²) in [4.78, 5) is 22.5. The summed E-state index contributed by atoms with van der Waals surface area (Å²) < 4.78 is 10.8. The molecule has 1 aromatic heterocycles. The molecule has 7 nitrogen and oxygen atoms in total. The molecule has 0 aromatic carbocycles. The van der Waals surface area contributed by atoms with Crippen molar-refractivity contribution in [1.82, 2.24) is 15.3 Å². The van der Waals surface area contributed by atoms with Crippen LogP contribution in [0.15, 0.2) is 12.4 Å². The van der Waals surface area contributed by atoms with Crippen LogP contribution < -0.4 is 10.2 Å². The summed E-state index contributed by atoms with van der Waals surface area (Å²) >= 11 is 0. The van der Waals surface area contributed by atoms with Gasteiger partial charge in [-0.15, -0.1) is 0 Å². The Morgan fingerprint density at radius 1 is 1.33 bits per heavy atom. The highest BCUT2D eigenvalue weighted by molar-refractivity contribution is 5.92. The molecule has 7 heteroatoms. The second-order valence-electron chi connectivity index (χ2n) is 5.21. The smallest absolute Gasteiger partial charge is 0.270 e. The number of carbonyl (C=O) groups is 1. The predicted molar refractivity (Wildman–Crippen MR) is 76.4 cm³/mol. The van der Waals surface area contributed by atoms with Crippen molar-refractivity contribution in [3.8, 4) is 0 Å². The number of amides is 1. The normalized spacial score (nSPS) is 22.3. The summed E-state index contributed by atoms with van der Waals surface area (Å²) in [7, 11) is 0. The lowest BCUT2D eigenvalue weighted by Crippen LogP contribution is -2.37. The van der Waals surface area contributed by atoms with Gasteiger partial charge in [-0.05, 0) is 12.8 Å². The molecule has 21 heavy (non-hydrogen) atoms. The van der Waals surface area contributed by atoms with Crippen LogP contribution in [0.3, 0.4) is 0 Å². The van der Waals surface area contributed by atoms with Crippen molar-refractivity contribution >= 4 is 11.7 Å². The van der Waals surface area contributed by atoms with Crippen molar-refractivity contribution in [1.29, 1.82) is 0 Å².